The molecule has 64 valence electrons. The molecule has 1 rings (SSSR count). The molecule has 0 aromatic heterocycles. The van der Waals surface area contributed by atoms with Crippen LogP contribution < -0.4 is 0 Å². The van der Waals surface area contributed by atoms with E-state index < -0.39 is 0 Å². The first kappa shape index (κ1) is 9.78. The van der Waals surface area contributed by atoms with Gasteiger partial charge in [-0.25, -0.2) is 0 Å². The molecule has 0 aliphatic heterocycles. The van der Waals surface area contributed by atoms with Crippen molar-refractivity contribution < 1.29 is 0 Å². The van der Waals surface area contributed by atoms with E-state index in [9.17, 15) is 0 Å². The molecule has 0 radical (unpaired) electrons. The van der Waals surface area contributed by atoms with E-state index in [1.54, 1.807) is 0 Å². The summed E-state index contributed by atoms with van der Waals surface area (Å²) in [6.07, 6.45) is 3.37. The molecule has 0 bridgehead atoms. The topological polar surface area (TPSA) is 0 Å². The van der Waals surface area contributed by atoms with Crippen LogP contribution in [0.3, 0.4) is 0 Å². The summed E-state index contributed by atoms with van der Waals surface area (Å²) in [6, 6.07) is 8.47. The minimum absolute atomic E-state index is 1.11. The van der Waals surface area contributed by atoms with Gasteiger partial charge in [0.05, 0.1) is 0 Å². The fraction of sp³-hybridized carbons (Fsp3) is 0.273. The Labute approximate surface area is 87.8 Å². The van der Waals surface area contributed by atoms with Gasteiger partial charge in [-0.1, -0.05) is 31.2 Å². The van der Waals surface area contributed by atoms with Crippen LogP contribution in [0.1, 0.15) is 25.8 Å². The molecule has 0 amide bonds. The van der Waals surface area contributed by atoms with E-state index in [1.165, 1.54) is 14.7 Å². The van der Waals surface area contributed by atoms with Crippen molar-refractivity contribution in [3.63, 3.8) is 0 Å². The first-order chi connectivity index (χ1) is 5.75. The summed E-state index contributed by atoms with van der Waals surface area (Å²) in [4.78, 5) is 0. The molecule has 0 fully saturated rings. The van der Waals surface area contributed by atoms with Crippen LogP contribution in [0, 0.1) is 3.57 Å². The highest BCUT2D eigenvalue weighted by Gasteiger charge is 1.98. The lowest BCUT2D eigenvalue weighted by Gasteiger charge is -2.03. The Morgan fingerprint density at radius 3 is 2.67 bits per heavy atom. The lowest BCUT2D eigenvalue weighted by atomic mass is 10.1. The van der Waals surface area contributed by atoms with Crippen LogP contribution in [0.5, 0.6) is 0 Å². The van der Waals surface area contributed by atoms with Crippen molar-refractivity contribution in [1.82, 2.24) is 0 Å². The summed E-state index contributed by atoms with van der Waals surface area (Å²) < 4.78 is 1.33. The largest absolute Gasteiger partial charge is 0.0812 e. The monoisotopic (exact) mass is 272 g/mol. The molecule has 1 aromatic carbocycles. The minimum Gasteiger partial charge on any atom is -0.0812 e. The fourth-order valence-electron chi connectivity index (χ4n) is 1.20. The van der Waals surface area contributed by atoms with E-state index >= 15 is 0 Å². The highest BCUT2D eigenvalue weighted by atomic mass is 127. The first-order valence-electron chi connectivity index (χ1n) is 4.17. The Kier molecular flexibility index (Phi) is 3.79. The zero-order valence-electron chi connectivity index (χ0n) is 7.47. The molecule has 0 unspecified atom stereocenters. The standard InChI is InChI=1S/C11H13I/c1-3-6-9(2)10-7-4-5-8-11(10)12/h4-8H,3H2,1-2H3. The third-order valence-electron chi connectivity index (χ3n) is 1.81. The molecule has 0 aliphatic rings. The Hall–Kier alpha value is -0.310. The van der Waals surface area contributed by atoms with E-state index in [0.29, 0.717) is 0 Å². The summed E-state index contributed by atoms with van der Waals surface area (Å²) in [5, 5.41) is 0. The van der Waals surface area contributed by atoms with Gasteiger partial charge in [0.25, 0.3) is 0 Å². The molecule has 1 heteroatoms. The van der Waals surface area contributed by atoms with Crippen molar-refractivity contribution in [2.24, 2.45) is 0 Å². The van der Waals surface area contributed by atoms with E-state index in [1.807, 2.05) is 0 Å². The van der Waals surface area contributed by atoms with Gasteiger partial charge in [-0.2, -0.15) is 0 Å². The molecule has 0 saturated heterocycles. The van der Waals surface area contributed by atoms with Gasteiger partial charge in [0.2, 0.25) is 0 Å². The normalized spacial score (nSPS) is 11.8. The van der Waals surface area contributed by atoms with Gasteiger partial charge in [0.1, 0.15) is 0 Å². The molecule has 12 heavy (non-hydrogen) atoms. The van der Waals surface area contributed by atoms with Crippen molar-refractivity contribution in [3.05, 3.63) is 39.5 Å². The molecule has 0 nitrogen and oxygen atoms in total. The van der Waals surface area contributed by atoms with Gasteiger partial charge in [-0.05, 0) is 53.1 Å². The summed E-state index contributed by atoms with van der Waals surface area (Å²) in [7, 11) is 0. The maximum absolute atomic E-state index is 2.37. The van der Waals surface area contributed by atoms with Crippen molar-refractivity contribution in [2.45, 2.75) is 20.3 Å². The quantitative estimate of drug-likeness (QED) is 0.711. The predicted molar refractivity (Wildman–Crippen MR) is 63.1 cm³/mol. The molecule has 0 atom stereocenters. The van der Waals surface area contributed by atoms with Crippen LogP contribution >= 0.6 is 22.6 Å². The highest BCUT2D eigenvalue weighted by Crippen LogP contribution is 2.20. The van der Waals surface area contributed by atoms with Crippen LogP contribution in [-0.2, 0) is 0 Å². The van der Waals surface area contributed by atoms with E-state index in [2.05, 4.69) is 66.8 Å². The van der Waals surface area contributed by atoms with Crippen molar-refractivity contribution in [2.75, 3.05) is 0 Å². The molecule has 1 aromatic rings. The number of allylic oxidation sites excluding steroid dienone is 2. The van der Waals surface area contributed by atoms with Crippen molar-refractivity contribution >= 4 is 28.2 Å². The van der Waals surface area contributed by atoms with Crippen molar-refractivity contribution in [3.8, 4) is 0 Å². The van der Waals surface area contributed by atoms with Gasteiger partial charge in [0, 0.05) is 3.57 Å². The molecule has 0 saturated carbocycles. The molecule has 0 aliphatic carbocycles. The Morgan fingerprint density at radius 2 is 2.08 bits per heavy atom. The smallest absolute Gasteiger partial charge is 0.0205 e. The molecule has 0 heterocycles. The van der Waals surface area contributed by atoms with Crippen molar-refractivity contribution in [1.29, 1.82) is 0 Å². The van der Waals surface area contributed by atoms with Crippen LogP contribution in [0.15, 0.2) is 30.3 Å². The maximum atomic E-state index is 2.37. The fourth-order valence-corrected chi connectivity index (χ4v) is 2.01. The lowest BCUT2D eigenvalue weighted by molar-refractivity contribution is 1.22. The van der Waals surface area contributed by atoms with Crippen LogP contribution in [0.2, 0.25) is 0 Å². The minimum atomic E-state index is 1.11. The predicted octanol–water partition coefficient (Wildman–Crippen LogP) is 4.10. The molecule has 0 spiro atoms. The van der Waals surface area contributed by atoms with Crippen LogP contribution in [-0.4, -0.2) is 0 Å². The Balaban J connectivity index is 3.02. The summed E-state index contributed by atoms with van der Waals surface area (Å²) in [5.41, 5.74) is 2.74. The first-order valence-corrected chi connectivity index (χ1v) is 5.25. The second-order valence-corrected chi connectivity index (χ2v) is 3.94. The van der Waals surface area contributed by atoms with Gasteiger partial charge < -0.3 is 0 Å². The molecular weight excluding hydrogens is 259 g/mol. The van der Waals surface area contributed by atoms with E-state index in [-0.39, 0.29) is 0 Å². The summed E-state index contributed by atoms with van der Waals surface area (Å²) in [5.74, 6) is 0. The third kappa shape index (κ3) is 2.34. The lowest BCUT2D eigenvalue weighted by Crippen LogP contribution is -1.83. The van der Waals surface area contributed by atoms with Gasteiger partial charge in [-0.3, -0.25) is 0 Å². The third-order valence-corrected chi connectivity index (χ3v) is 2.75. The maximum Gasteiger partial charge on any atom is 0.0205 e. The Morgan fingerprint density at radius 1 is 1.42 bits per heavy atom. The zero-order valence-corrected chi connectivity index (χ0v) is 9.63. The summed E-state index contributed by atoms with van der Waals surface area (Å²) >= 11 is 2.37. The number of hydrogen-bond acceptors (Lipinski definition) is 0. The average molecular weight is 272 g/mol. The second kappa shape index (κ2) is 4.65. The number of benzene rings is 1. The zero-order chi connectivity index (χ0) is 8.97. The Bertz CT molecular complexity index is 287. The number of hydrogen-bond donors (Lipinski definition) is 0. The van der Waals surface area contributed by atoms with Gasteiger partial charge in [0.15, 0.2) is 0 Å². The summed E-state index contributed by atoms with van der Waals surface area (Å²) in [6.45, 7) is 4.33. The molecule has 0 N–H and O–H groups in total. The second-order valence-electron chi connectivity index (χ2n) is 2.78. The SMILES string of the molecule is CCC=C(C)c1ccccc1I. The highest BCUT2D eigenvalue weighted by molar-refractivity contribution is 14.1. The van der Waals surface area contributed by atoms with Crippen LogP contribution in [0.25, 0.3) is 5.57 Å². The average Bonchev–Trinajstić information content (AvgIpc) is 2.05. The number of halogens is 1. The van der Waals surface area contributed by atoms with Crippen LogP contribution in [0.4, 0.5) is 0 Å². The van der Waals surface area contributed by atoms with E-state index in [0.717, 1.165) is 6.42 Å². The molecular formula is C11H13I. The number of rotatable bonds is 2. The van der Waals surface area contributed by atoms with E-state index in [4.69, 9.17) is 0 Å². The van der Waals surface area contributed by atoms with Gasteiger partial charge >= 0.3 is 0 Å². The van der Waals surface area contributed by atoms with Gasteiger partial charge in [-0.15, -0.1) is 0 Å².